The lowest BCUT2D eigenvalue weighted by atomic mass is 10.2. The number of hydrogen-bond donors (Lipinski definition) is 1. The molecule has 7 nitrogen and oxygen atoms in total. The predicted octanol–water partition coefficient (Wildman–Crippen LogP) is 2.42. The van der Waals surface area contributed by atoms with Gasteiger partial charge in [-0.1, -0.05) is 0 Å². The molecule has 0 radical (unpaired) electrons. The highest BCUT2D eigenvalue weighted by atomic mass is 16.5. The topological polar surface area (TPSA) is 71.1 Å². The van der Waals surface area contributed by atoms with Gasteiger partial charge in [0.15, 0.2) is 0 Å². The third-order valence-corrected chi connectivity index (χ3v) is 4.26. The number of rotatable bonds is 10. The first-order valence-corrected chi connectivity index (χ1v) is 9.48. The Balaban J connectivity index is 1.59. The first-order valence-electron chi connectivity index (χ1n) is 9.48. The Morgan fingerprint density at radius 1 is 0.690 bits per heavy atom. The summed E-state index contributed by atoms with van der Waals surface area (Å²) in [6.45, 7) is 1.45. The standard InChI is InChI=1S/C22H29N3O4/c1-24(2)19-9-5-17(6-10-19)21(26)28-15-13-23-14-16-29-22(27)18-7-11-20(12-8-18)25(3)4/h5-12,23H,13-16H2,1-4H3. The van der Waals surface area contributed by atoms with Crippen molar-refractivity contribution in [3.05, 3.63) is 59.7 Å². The molecule has 0 bridgehead atoms. The summed E-state index contributed by atoms with van der Waals surface area (Å²) in [7, 11) is 7.77. The lowest BCUT2D eigenvalue weighted by Crippen LogP contribution is -2.26. The van der Waals surface area contributed by atoms with Crippen molar-refractivity contribution < 1.29 is 19.1 Å². The highest BCUT2D eigenvalue weighted by Gasteiger charge is 2.08. The van der Waals surface area contributed by atoms with E-state index in [1.807, 2.05) is 62.3 Å². The van der Waals surface area contributed by atoms with Gasteiger partial charge in [-0.2, -0.15) is 0 Å². The fourth-order valence-electron chi connectivity index (χ4n) is 2.51. The zero-order valence-corrected chi connectivity index (χ0v) is 17.5. The smallest absolute Gasteiger partial charge is 0.338 e. The minimum Gasteiger partial charge on any atom is -0.461 e. The average Bonchev–Trinajstić information content (AvgIpc) is 2.72. The molecule has 0 aliphatic heterocycles. The van der Waals surface area contributed by atoms with E-state index in [0.29, 0.717) is 24.2 Å². The number of nitrogens with one attached hydrogen (secondary N) is 1. The number of carbonyl (C=O) groups is 2. The van der Waals surface area contributed by atoms with Gasteiger partial charge in [-0.25, -0.2) is 9.59 Å². The number of benzene rings is 2. The Bertz CT molecular complexity index is 719. The molecule has 0 aliphatic rings. The van der Waals surface area contributed by atoms with Crippen LogP contribution in [0.5, 0.6) is 0 Å². The number of esters is 2. The summed E-state index contributed by atoms with van der Waals surface area (Å²) in [5.74, 6) is -0.714. The van der Waals surface area contributed by atoms with Crippen molar-refractivity contribution in [3.63, 3.8) is 0 Å². The SMILES string of the molecule is CN(C)c1ccc(C(=O)OCCNCCOC(=O)c2ccc(N(C)C)cc2)cc1. The summed E-state index contributed by atoms with van der Waals surface area (Å²) in [6, 6.07) is 14.5. The van der Waals surface area contributed by atoms with Crippen molar-refractivity contribution in [2.75, 3.05) is 64.3 Å². The second-order valence-electron chi connectivity index (χ2n) is 6.90. The zero-order valence-electron chi connectivity index (χ0n) is 17.5. The van der Waals surface area contributed by atoms with Crippen LogP contribution in [-0.2, 0) is 9.47 Å². The summed E-state index contributed by atoms with van der Waals surface area (Å²) in [5.41, 5.74) is 3.08. The quantitative estimate of drug-likeness (QED) is 0.486. The Kier molecular flexibility index (Phi) is 8.48. The Morgan fingerprint density at radius 3 is 1.34 bits per heavy atom. The van der Waals surface area contributed by atoms with Gasteiger partial charge in [-0.05, 0) is 48.5 Å². The number of nitrogens with zero attached hydrogens (tertiary/aromatic N) is 2. The normalized spacial score (nSPS) is 10.3. The van der Waals surface area contributed by atoms with Gasteiger partial charge in [0.25, 0.3) is 0 Å². The molecule has 0 aliphatic carbocycles. The number of carbonyl (C=O) groups excluding carboxylic acids is 2. The Hall–Kier alpha value is -3.06. The zero-order chi connectivity index (χ0) is 21.2. The fourth-order valence-corrected chi connectivity index (χ4v) is 2.51. The average molecular weight is 399 g/mol. The van der Waals surface area contributed by atoms with Crippen molar-refractivity contribution in [1.29, 1.82) is 0 Å². The van der Waals surface area contributed by atoms with Crippen LogP contribution in [0.25, 0.3) is 0 Å². The van der Waals surface area contributed by atoms with Crippen molar-refractivity contribution >= 4 is 23.3 Å². The first kappa shape index (κ1) is 22.2. The molecule has 0 unspecified atom stereocenters. The molecule has 0 spiro atoms. The van der Waals surface area contributed by atoms with E-state index in [4.69, 9.17) is 9.47 Å². The molecule has 0 saturated carbocycles. The molecule has 0 saturated heterocycles. The monoisotopic (exact) mass is 399 g/mol. The minimum atomic E-state index is -0.357. The molecule has 2 rings (SSSR count). The molecule has 0 heterocycles. The van der Waals surface area contributed by atoms with E-state index in [2.05, 4.69) is 5.32 Å². The van der Waals surface area contributed by atoms with Crippen LogP contribution in [0, 0.1) is 0 Å². The van der Waals surface area contributed by atoms with E-state index in [9.17, 15) is 9.59 Å². The first-order chi connectivity index (χ1) is 13.9. The maximum atomic E-state index is 12.0. The van der Waals surface area contributed by atoms with Crippen LogP contribution in [0.3, 0.4) is 0 Å². The van der Waals surface area contributed by atoms with Gasteiger partial charge in [0, 0.05) is 52.7 Å². The molecule has 0 atom stereocenters. The lowest BCUT2D eigenvalue weighted by molar-refractivity contribution is 0.0491. The number of ether oxygens (including phenoxy) is 2. The molecule has 2 aromatic carbocycles. The number of hydrogen-bond acceptors (Lipinski definition) is 7. The van der Waals surface area contributed by atoms with E-state index in [0.717, 1.165) is 11.4 Å². The molecule has 2 aromatic rings. The van der Waals surface area contributed by atoms with Crippen molar-refractivity contribution in [2.24, 2.45) is 0 Å². The van der Waals surface area contributed by atoms with Crippen LogP contribution in [0.1, 0.15) is 20.7 Å². The highest BCUT2D eigenvalue weighted by Crippen LogP contribution is 2.13. The minimum absolute atomic E-state index is 0.244. The molecule has 7 heteroatoms. The van der Waals surface area contributed by atoms with Gasteiger partial charge >= 0.3 is 11.9 Å². The van der Waals surface area contributed by atoms with Crippen LogP contribution in [0.2, 0.25) is 0 Å². The molecular formula is C22H29N3O4. The molecule has 29 heavy (non-hydrogen) atoms. The van der Waals surface area contributed by atoms with E-state index >= 15 is 0 Å². The summed E-state index contributed by atoms with van der Waals surface area (Å²) < 4.78 is 10.5. The predicted molar refractivity (Wildman–Crippen MR) is 115 cm³/mol. The largest absolute Gasteiger partial charge is 0.461 e. The molecule has 0 fully saturated rings. The fraction of sp³-hybridized carbons (Fsp3) is 0.364. The summed E-state index contributed by atoms with van der Waals surface area (Å²) in [5, 5.41) is 3.08. The van der Waals surface area contributed by atoms with E-state index in [1.54, 1.807) is 24.3 Å². The molecule has 156 valence electrons. The maximum Gasteiger partial charge on any atom is 0.338 e. The van der Waals surface area contributed by atoms with Crippen molar-refractivity contribution in [2.45, 2.75) is 0 Å². The second kappa shape index (κ2) is 11.1. The van der Waals surface area contributed by atoms with Crippen LogP contribution < -0.4 is 15.1 Å². The second-order valence-corrected chi connectivity index (χ2v) is 6.90. The van der Waals surface area contributed by atoms with Crippen LogP contribution in [0.4, 0.5) is 11.4 Å². The van der Waals surface area contributed by atoms with E-state index < -0.39 is 0 Å². The molecule has 1 N–H and O–H groups in total. The van der Waals surface area contributed by atoms with Gasteiger partial charge in [0.05, 0.1) is 11.1 Å². The highest BCUT2D eigenvalue weighted by molar-refractivity contribution is 5.90. The maximum absolute atomic E-state index is 12.0. The van der Waals surface area contributed by atoms with Gasteiger partial charge < -0.3 is 24.6 Å². The molecule has 0 amide bonds. The van der Waals surface area contributed by atoms with Crippen LogP contribution >= 0.6 is 0 Å². The third-order valence-electron chi connectivity index (χ3n) is 4.26. The Labute approximate surface area is 172 Å². The van der Waals surface area contributed by atoms with Gasteiger partial charge in [-0.3, -0.25) is 0 Å². The van der Waals surface area contributed by atoms with Crippen molar-refractivity contribution in [3.8, 4) is 0 Å². The van der Waals surface area contributed by atoms with E-state index in [-0.39, 0.29) is 25.2 Å². The van der Waals surface area contributed by atoms with Gasteiger partial charge in [0.1, 0.15) is 13.2 Å². The third kappa shape index (κ3) is 7.12. The number of anilines is 2. The molecular weight excluding hydrogens is 370 g/mol. The molecule has 0 aromatic heterocycles. The van der Waals surface area contributed by atoms with Crippen LogP contribution in [-0.4, -0.2) is 66.4 Å². The van der Waals surface area contributed by atoms with E-state index in [1.165, 1.54) is 0 Å². The van der Waals surface area contributed by atoms with Gasteiger partial charge in [0.2, 0.25) is 0 Å². The van der Waals surface area contributed by atoms with Gasteiger partial charge in [-0.15, -0.1) is 0 Å². The summed E-state index contributed by atoms with van der Waals surface area (Å²) in [6.07, 6.45) is 0. The lowest BCUT2D eigenvalue weighted by Gasteiger charge is -2.13. The summed E-state index contributed by atoms with van der Waals surface area (Å²) >= 11 is 0. The summed E-state index contributed by atoms with van der Waals surface area (Å²) in [4.78, 5) is 27.9. The van der Waals surface area contributed by atoms with Crippen molar-refractivity contribution in [1.82, 2.24) is 5.32 Å². The Morgan fingerprint density at radius 2 is 1.03 bits per heavy atom. The van der Waals surface area contributed by atoms with Crippen LogP contribution in [0.15, 0.2) is 48.5 Å².